The lowest BCUT2D eigenvalue weighted by Gasteiger charge is -2.30. The number of rotatable bonds is 8. The van der Waals surface area contributed by atoms with Crippen molar-refractivity contribution in [3.8, 4) is 28.8 Å². The number of anilines is 1. The van der Waals surface area contributed by atoms with Crippen molar-refractivity contribution >= 4 is 32.5 Å². The average molecular weight is 600 g/mol. The van der Waals surface area contributed by atoms with E-state index in [0.717, 1.165) is 75.2 Å². The van der Waals surface area contributed by atoms with Crippen LogP contribution in [-0.2, 0) is 9.84 Å². The van der Waals surface area contributed by atoms with Gasteiger partial charge in [0.05, 0.1) is 17.1 Å². The van der Waals surface area contributed by atoms with Gasteiger partial charge in [-0.3, -0.25) is 4.79 Å². The zero-order valence-corrected chi connectivity index (χ0v) is 24.8. The van der Waals surface area contributed by atoms with Gasteiger partial charge < -0.3 is 15.0 Å². The lowest BCUT2D eigenvalue weighted by Crippen LogP contribution is -2.34. The standard InChI is InChI=1S/C31H33N7O4S/c1-43(40,41)20-27(39)26-17-25(22-7-8-28(34-19-22)37-15-11-21(18-32)12-16-37)29-30(35-26)38(23-5-3-2-4-6-23)36-31(29)42-24-9-13-33-14-10-24/h2-8,17,19,21,24,33H,9-16,20H2,1H3. The highest BCUT2D eigenvalue weighted by Crippen LogP contribution is 2.37. The first-order chi connectivity index (χ1) is 20.8. The molecule has 0 aliphatic carbocycles. The van der Waals surface area contributed by atoms with Gasteiger partial charge >= 0.3 is 0 Å². The van der Waals surface area contributed by atoms with Crippen molar-refractivity contribution in [2.75, 3.05) is 43.1 Å². The highest BCUT2D eigenvalue weighted by Gasteiger charge is 2.27. The van der Waals surface area contributed by atoms with Crippen LogP contribution in [0, 0.1) is 17.2 Å². The van der Waals surface area contributed by atoms with Crippen molar-refractivity contribution in [2.45, 2.75) is 31.8 Å². The van der Waals surface area contributed by atoms with Gasteiger partial charge in [0.2, 0.25) is 5.88 Å². The van der Waals surface area contributed by atoms with Crippen molar-refractivity contribution in [3.63, 3.8) is 0 Å². The minimum absolute atomic E-state index is 0.0288. The SMILES string of the molecule is CS(=O)(=O)CC(=O)c1cc(-c2ccc(N3CCC(C#N)CC3)nc2)c2c(OC3CCNCC3)nn(-c3ccccc3)c2n1. The van der Waals surface area contributed by atoms with Crippen LogP contribution in [0.1, 0.15) is 36.2 Å². The van der Waals surface area contributed by atoms with Crippen molar-refractivity contribution in [1.29, 1.82) is 5.26 Å². The molecule has 2 aliphatic heterocycles. The van der Waals surface area contributed by atoms with Crippen LogP contribution in [0.15, 0.2) is 54.7 Å². The Labute approximate surface area is 250 Å². The third kappa shape index (κ3) is 6.38. The van der Waals surface area contributed by atoms with E-state index in [1.807, 2.05) is 42.5 Å². The number of hydrogen-bond donors (Lipinski definition) is 1. The lowest BCUT2D eigenvalue weighted by molar-refractivity contribution is 0.101. The molecule has 0 saturated carbocycles. The van der Waals surface area contributed by atoms with Crippen LogP contribution in [0.4, 0.5) is 5.82 Å². The number of carbonyl (C=O) groups excluding carboxylic acids is 1. The number of pyridine rings is 2. The predicted molar refractivity (Wildman–Crippen MR) is 163 cm³/mol. The lowest BCUT2D eigenvalue weighted by atomic mass is 9.98. The van der Waals surface area contributed by atoms with Gasteiger partial charge in [0.15, 0.2) is 21.3 Å². The van der Waals surface area contributed by atoms with E-state index in [0.29, 0.717) is 22.5 Å². The minimum atomic E-state index is -3.58. The maximum absolute atomic E-state index is 13.2. The molecule has 12 heteroatoms. The summed E-state index contributed by atoms with van der Waals surface area (Å²) in [5.41, 5.74) is 2.51. The molecule has 2 saturated heterocycles. The van der Waals surface area contributed by atoms with Crippen LogP contribution in [0.5, 0.6) is 5.88 Å². The number of ketones is 1. The molecule has 0 bridgehead atoms. The first-order valence-electron chi connectivity index (χ1n) is 14.5. The van der Waals surface area contributed by atoms with Gasteiger partial charge in [-0.05, 0) is 69.1 Å². The molecular weight excluding hydrogens is 566 g/mol. The van der Waals surface area contributed by atoms with E-state index in [1.54, 1.807) is 16.9 Å². The number of fused-ring (bicyclic) bond motifs is 1. The maximum Gasteiger partial charge on any atom is 0.243 e. The molecule has 6 rings (SSSR count). The summed E-state index contributed by atoms with van der Waals surface area (Å²) in [5.74, 6) is 0.0295. The number of benzene rings is 1. The van der Waals surface area contributed by atoms with Crippen molar-refractivity contribution in [1.82, 2.24) is 25.1 Å². The molecule has 5 heterocycles. The molecule has 0 atom stereocenters. The fourth-order valence-electron chi connectivity index (χ4n) is 5.64. The van der Waals surface area contributed by atoms with Gasteiger partial charge in [-0.1, -0.05) is 18.2 Å². The molecule has 2 fully saturated rings. The van der Waals surface area contributed by atoms with Gasteiger partial charge in [0.1, 0.15) is 23.4 Å². The summed E-state index contributed by atoms with van der Waals surface area (Å²) in [6.07, 6.45) is 5.99. The predicted octanol–water partition coefficient (Wildman–Crippen LogP) is 3.58. The fraction of sp³-hybridized carbons (Fsp3) is 0.387. The smallest absolute Gasteiger partial charge is 0.243 e. The molecule has 43 heavy (non-hydrogen) atoms. The Morgan fingerprint density at radius 2 is 1.84 bits per heavy atom. The number of ether oxygens (including phenoxy) is 1. The number of carbonyl (C=O) groups is 1. The zero-order valence-electron chi connectivity index (χ0n) is 23.9. The summed E-state index contributed by atoms with van der Waals surface area (Å²) in [6, 6.07) is 17.3. The number of nitriles is 1. The van der Waals surface area contributed by atoms with Crippen molar-refractivity contribution in [3.05, 3.63) is 60.4 Å². The molecule has 0 unspecified atom stereocenters. The second-order valence-electron chi connectivity index (χ2n) is 11.2. The molecule has 1 N–H and O–H groups in total. The highest BCUT2D eigenvalue weighted by molar-refractivity contribution is 7.91. The number of Topliss-reactive ketones (excluding diaryl/α,β-unsaturated/α-hetero) is 1. The van der Waals surface area contributed by atoms with Gasteiger partial charge in [-0.15, -0.1) is 5.10 Å². The van der Waals surface area contributed by atoms with E-state index in [-0.39, 0.29) is 17.7 Å². The second kappa shape index (κ2) is 12.1. The van der Waals surface area contributed by atoms with Crippen molar-refractivity contribution < 1.29 is 17.9 Å². The molecule has 0 radical (unpaired) electrons. The summed E-state index contributed by atoms with van der Waals surface area (Å²) < 4.78 is 32.3. The molecule has 1 aromatic carbocycles. The fourth-order valence-corrected chi connectivity index (χ4v) is 6.26. The highest BCUT2D eigenvalue weighted by atomic mass is 32.2. The number of para-hydroxylation sites is 1. The summed E-state index contributed by atoms with van der Waals surface area (Å²) >= 11 is 0. The van der Waals surface area contributed by atoms with Gasteiger partial charge in [0, 0.05) is 42.6 Å². The van der Waals surface area contributed by atoms with Crippen LogP contribution in [0.2, 0.25) is 0 Å². The Morgan fingerprint density at radius 1 is 1.09 bits per heavy atom. The summed E-state index contributed by atoms with van der Waals surface area (Å²) in [4.78, 5) is 24.8. The monoisotopic (exact) mass is 599 g/mol. The first-order valence-corrected chi connectivity index (χ1v) is 16.5. The van der Waals surface area contributed by atoms with Crippen LogP contribution in [-0.4, -0.2) is 78.2 Å². The van der Waals surface area contributed by atoms with E-state index < -0.39 is 21.4 Å². The molecule has 3 aromatic heterocycles. The third-order valence-electron chi connectivity index (χ3n) is 7.91. The Morgan fingerprint density at radius 3 is 2.49 bits per heavy atom. The molecular formula is C31H33N7O4S. The van der Waals surface area contributed by atoms with Gasteiger partial charge in [0.25, 0.3) is 0 Å². The Balaban J connectivity index is 1.49. The Bertz CT molecular complexity index is 1770. The normalized spacial score (nSPS) is 16.7. The molecule has 4 aromatic rings. The van der Waals surface area contributed by atoms with E-state index >= 15 is 0 Å². The molecule has 0 spiro atoms. The first kappa shape index (κ1) is 28.8. The van der Waals surface area contributed by atoms with E-state index in [9.17, 15) is 18.5 Å². The number of aromatic nitrogens is 4. The average Bonchev–Trinajstić information content (AvgIpc) is 3.39. The quantitative estimate of drug-likeness (QED) is 0.299. The number of sulfone groups is 1. The van der Waals surface area contributed by atoms with E-state index in [1.165, 1.54) is 0 Å². The molecule has 0 amide bonds. The summed E-state index contributed by atoms with van der Waals surface area (Å²) in [5, 5.41) is 18.1. The van der Waals surface area contributed by atoms with Crippen LogP contribution >= 0.6 is 0 Å². The number of piperidine rings is 2. The van der Waals surface area contributed by atoms with E-state index in [2.05, 4.69) is 21.3 Å². The van der Waals surface area contributed by atoms with Crippen LogP contribution < -0.4 is 15.0 Å². The number of nitrogens with one attached hydrogen (secondary N) is 1. The van der Waals surface area contributed by atoms with Gasteiger partial charge in [-0.2, -0.15) is 5.26 Å². The number of hydrogen-bond acceptors (Lipinski definition) is 10. The van der Waals surface area contributed by atoms with Crippen LogP contribution in [0.3, 0.4) is 0 Å². The number of nitrogens with zero attached hydrogens (tertiary/aromatic N) is 6. The Hall–Kier alpha value is -4.34. The summed E-state index contributed by atoms with van der Waals surface area (Å²) in [7, 11) is -3.58. The topological polar surface area (TPSA) is 143 Å². The van der Waals surface area contributed by atoms with Crippen molar-refractivity contribution in [2.24, 2.45) is 5.92 Å². The Kier molecular flexibility index (Phi) is 8.10. The van der Waals surface area contributed by atoms with Crippen LogP contribution in [0.25, 0.3) is 27.8 Å². The third-order valence-corrected chi connectivity index (χ3v) is 8.70. The second-order valence-corrected chi connectivity index (χ2v) is 13.3. The maximum atomic E-state index is 13.2. The molecule has 222 valence electrons. The largest absolute Gasteiger partial charge is 0.473 e. The zero-order chi connectivity index (χ0) is 30.0. The molecule has 2 aliphatic rings. The molecule has 11 nitrogen and oxygen atoms in total. The summed E-state index contributed by atoms with van der Waals surface area (Å²) in [6.45, 7) is 3.20. The minimum Gasteiger partial charge on any atom is -0.473 e. The van der Waals surface area contributed by atoms with Gasteiger partial charge in [-0.25, -0.2) is 23.1 Å². The van der Waals surface area contributed by atoms with E-state index in [4.69, 9.17) is 14.8 Å².